The number of amides is 1. The van der Waals surface area contributed by atoms with E-state index in [9.17, 15) is 40.5 Å². The molecule has 27 heavy (non-hydrogen) atoms. The second kappa shape index (κ2) is 9.52. The first-order valence-corrected chi connectivity index (χ1v) is 8.54. The van der Waals surface area contributed by atoms with Crippen molar-refractivity contribution in [2.24, 2.45) is 0 Å². The molecular weight excluding hydrogens is 370 g/mol. The summed E-state index contributed by atoms with van der Waals surface area (Å²) in [4.78, 5) is 11.5. The normalized spacial score (nSPS) is 45.5. The van der Waals surface area contributed by atoms with Gasteiger partial charge in [-0.1, -0.05) is 0 Å². The number of ether oxygens (including phenoxy) is 3. The van der Waals surface area contributed by atoms with Crippen LogP contribution >= 0.6 is 0 Å². The summed E-state index contributed by atoms with van der Waals surface area (Å²) in [5.74, 6) is -0.448. The molecule has 12 heteroatoms. The monoisotopic (exact) mass is 397 g/mol. The molecule has 0 radical (unpaired) electrons. The van der Waals surface area contributed by atoms with Crippen LogP contribution in [-0.2, 0) is 19.0 Å². The highest BCUT2D eigenvalue weighted by atomic mass is 16.7. The number of carbonyl (C=O) groups excluding carboxylic acids is 1. The van der Waals surface area contributed by atoms with Crippen LogP contribution in [0.15, 0.2) is 0 Å². The molecule has 0 spiro atoms. The van der Waals surface area contributed by atoms with Crippen LogP contribution in [0.5, 0.6) is 0 Å². The number of carbonyl (C=O) groups is 1. The van der Waals surface area contributed by atoms with Gasteiger partial charge in [0.15, 0.2) is 6.29 Å². The van der Waals surface area contributed by atoms with Gasteiger partial charge in [0.05, 0.1) is 25.7 Å². The van der Waals surface area contributed by atoms with Crippen LogP contribution in [-0.4, -0.2) is 123 Å². The van der Waals surface area contributed by atoms with Crippen molar-refractivity contribution >= 4 is 5.91 Å². The van der Waals surface area contributed by atoms with Crippen LogP contribution < -0.4 is 5.32 Å². The summed E-state index contributed by atoms with van der Waals surface area (Å²) in [6, 6.07) is 0. The number of hydrogen-bond donors (Lipinski definition) is 8. The molecule has 2 aliphatic rings. The van der Waals surface area contributed by atoms with E-state index in [1.54, 1.807) is 0 Å². The predicted octanol–water partition coefficient (Wildman–Crippen LogP) is -5.21. The molecule has 0 aromatic rings. The zero-order chi connectivity index (χ0) is 20.3. The Morgan fingerprint density at radius 2 is 1.44 bits per heavy atom. The van der Waals surface area contributed by atoms with Crippen LogP contribution in [0, 0.1) is 0 Å². The van der Waals surface area contributed by atoms with Crippen molar-refractivity contribution in [2.45, 2.75) is 67.6 Å². The van der Waals surface area contributed by atoms with E-state index in [1.807, 2.05) is 0 Å². The summed E-state index contributed by atoms with van der Waals surface area (Å²) in [5.41, 5.74) is 0. The van der Waals surface area contributed by atoms with Gasteiger partial charge in [-0.25, -0.2) is 0 Å². The van der Waals surface area contributed by atoms with Gasteiger partial charge >= 0.3 is 0 Å². The minimum absolute atomic E-state index is 0.266. The highest BCUT2D eigenvalue weighted by Gasteiger charge is 2.50. The van der Waals surface area contributed by atoms with Crippen LogP contribution in [0.1, 0.15) is 6.42 Å². The van der Waals surface area contributed by atoms with Gasteiger partial charge in [-0.15, -0.1) is 0 Å². The van der Waals surface area contributed by atoms with Crippen molar-refractivity contribution in [3.05, 3.63) is 0 Å². The molecule has 158 valence electrons. The molecule has 0 aromatic heterocycles. The molecule has 1 amide bonds. The maximum atomic E-state index is 11.5. The summed E-state index contributed by atoms with van der Waals surface area (Å²) in [5, 5.41) is 71.2. The first kappa shape index (κ1) is 22.4. The Morgan fingerprint density at radius 1 is 0.852 bits per heavy atom. The van der Waals surface area contributed by atoms with Crippen molar-refractivity contribution in [3.8, 4) is 0 Å². The van der Waals surface area contributed by atoms with Gasteiger partial charge in [-0.3, -0.25) is 4.79 Å². The molecule has 0 saturated carbocycles. The Kier molecular flexibility index (Phi) is 7.88. The van der Waals surface area contributed by atoms with E-state index in [-0.39, 0.29) is 6.42 Å². The second-order valence-electron chi connectivity index (χ2n) is 6.55. The molecule has 1 unspecified atom stereocenters. The number of rotatable bonds is 6. The quantitative estimate of drug-likeness (QED) is 0.213. The standard InChI is InChI=1S/C15H27NO11/c1-16-8(19)2-5-9(20)12(23)14(7(4-18)25-5)27-15-13(24)11(22)10(21)6(3-17)26-15/h5-7,9-15,17-18,20-24H,2-4H2,1H3,(H,16,19)/t5?,6-,7-,9+,10+,11+,12-,13-,14-,15+/m1/s1. The average Bonchev–Trinajstić information content (AvgIpc) is 2.67. The lowest BCUT2D eigenvalue weighted by atomic mass is 9.92. The number of nitrogens with one attached hydrogen (secondary N) is 1. The fourth-order valence-electron chi connectivity index (χ4n) is 3.12. The summed E-state index contributed by atoms with van der Waals surface area (Å²) < 4.78 is 16.0. The van der Waals surface area contributed by atoms with Gasteiger partial charge < -0.3 is 55.3 Å². The van der Waals surface area contributed by atoms with E-state index in [0.717, 1.165) is 0 Å². The number of aliphatic hydroxyl groups is 7. The van der Waals surface area contributed by atoms with Gasteiger partial charge in [0.25, 0.3) is 0 Å². The minimum atomic E-state index is -1.73. The lowest BCUT2D eigenvalue weighted by Gasteiger charge is -2.46. The van der Waals surface area contributed by atoms with Crippen LogP contribution in [0.4, 0.5) is 0 Å². The molecule has 0 aliphatic carbocycles. The van der Waals surface area contributed by atoms with Gasteiger partial charge in [0.1, 0.15) is 48.8 Å². The predicted molar refractivity (Wildman–Crippen MR) is 85.1 cm³/mol. The van der Waals surface area contributed by atoms with Gasteiger partial charge in [-0.05, 0) is 0 Å². The molecule has 2 aliphatic heterocycles. The van der Waals surface area contributed by atoms with Crippen molar-refractivity contribution in [2.75, 3.05) is 20.3 Å². The van der Waals surface area contributed by atoms with E-state index < -0.39 is 80.3 Å². The third kappa shape index (κ3) is 4.74. The Morgan fingerprint density at radius 3 is 2.00 bits per heavy atom. The van der Waals surface area contributed by atoms with Gasteiger partial charge in [0.2, 0.25) is 5.91 Å². The first-order valence-electron chi connectivity index (χ1n) is 8.54. The maximum absolute atomic E-state index is 11.5. The molecule has 0 aromatic carbocycles. The van der Waals surface area contributed by atoms with Crippen molar-refractivity contribution in [1.29, 1.82) is 0 Å². The third-order valence-electron chi connectivity index (χ3n) is 4.77. The first-order chi connectivity index (χ1) is 12.7. The van der Waals surface area contributed by atoms with Crippen molar-refractivity contribution in [1.82, 2.24) is 5.32 Å². The highest BCUT2D eigenvalue weighted by Crippen LogP contribution is 2.29. The Balaban J connectivity index is 2.11. The van der Waals surface area contributed by atoms with Crippen molar-refractivity contribution < 1.29 is 54.8 Å². The summed E-state index contributed by atoms with van der Waals surface area (Å²) in [6.45, 7) is -1.31. The largest absolute Gasteiger partial charge is 0.394 e. The molecule has 2 saturated heterocycles. The molecular formula is C15H27NO11. The Bertz CT molecular complexity index is 490. The average molecular weight is 397 g/mol. The van der Waals surface area contributed by atoms with Crippen LogP contribution in [0.3, 0.4) is 0 Å². The maximum Gasteiger partial charge on any atom is 0.222 e. The Labute approximate surface area is 154 Å². The zero-order valence-corrected chi connectivity index (χ0v) is 14.7. The SMILES string of the molecule is CNC(=O)CC1O[C@H](CO)[C@@H](O[C@@H]2O[C@H](CO)[C@H](O)[C@H](O)[C@H]2O)[C@H](O)[C@H]1O. The molecule has 0 bridgehead atoms. The van der Waals surface area contributed by atoms with Crippen molar-refractivity contribution in [3.63, 3.8) is 0 Å². The topological polar surface area (TPSA) is 198 Å². The molecule has 10 atom stereocenters. The lowest BCUT2D eigenvalue weighted by Crippen LogP contribution is -2.64. The van der Waals surface area contributed by atoms with E-state index in [1.165, 1.54) is 7.05 Å². The molecule has 2 heterocycles. The fourth-order valence-corrected chi connectivity index (χ4v) is 3.12. The molecule has 8 N–H and O–H groups in total. The van der Waals surface area contributed by atoms with Gasteiger partial charge in [0, 0.05) is 7.05 Å². The van der Waals surface area contributed by atoms with E-state index in [0.29, 0.717) is 0 Å². The van der Waals surface area contributed by atoms with E-state index >= 15 is 0 Å². The summed E-state index contributed by atoms with van der Waals surface area (Å²) in [6.07, 6.45) is -14.9. The van der Waals surface area contributed by atoms with E-state index in [4.69, 9.17) is 14.2 Å². The number of aliphatic hydroxyl groups excluding tert-OH is 7. The summed E-state index contributed by atoms with van der Waals surface area (Å²) in [7, 11) is 1.39. The van der Waals surface area contributed by atoms with Crippen LogP contribution in [0.25, 0.3) is 0 Å². The lowest BCUT2D eigenvalue weighted by molar-refractivity contribution is -0.341. The molecule has 12 nitrogen and oxygen atoms in total. The third-order valence-corrected chi connectivity index (χ3v) is 4.77. The molecule has 2 rings (SSSR count). The zero-order valence-electron chi connectivity index (χ0n) is 14.7. The molecule has 2 fully saturated rings. The summed E-state index contributed by atoms with van der Waals surface area (Å²) >= 11 is 0. The smallest absolute Gasteiger partial charge is 0.222 e. The minimum Gasteiger partial charge on any atom is -0.394 e. The highest BCUT2D eigenvalue weighted by molar-refractivity contribution is 5.76. The van der Waals surface area contributed by atoms with Crippen LogP contribution in [0.2, 0.25) is 0 Å². The van der Waals surface area contributed by atoms with E-state index in [2.05, 4.69) is 5.32 Å². The fraction of sp³-hybridized carbons (Fsp3) is 0.933. The second-order valence-corrected chi connectivity index (χ2v) is 6.55. The number of hydrogen-bond acceptors (Lipinski definition) is 11. The van der Waals surface area contributed by atoms with Gasteiger partial charge in [-0.2, -0.15) is 0 Å². The Hall–Kier alpha value is -0.930.